The summed E-state index contributed by atoms with van der Waals surface area (Å²) in [7, 11) is 0. The molecule has 2 atom stereocenters. The van der Waals surface area contributed by atoms with E-state index in [1.165, 1.54) is 10.5 Å². The van der Waals surface area contributed by atoms with Crippen molar-refractivity contribution in [1.82, 2.24) is 4.90 Å². The molecular formula is C29H31NO4. The largest absolute Gasteiger partial charge is 0.390 e. The number of ketones is 1. The standard InChI is InChI=1S/C29H31NO4/c1-2-6-21-9-11-23(12-10-21)24-13-15-25(16-14-24)29(33)30-18-17-26(31)28(30)27(32)20-34-19-22-7-4-3-5-8-22/h3-5,7-16,26,28,31H,2,6,17-20H2,1H3/t26-,28+/m1/s1. The molecule has 0 saturated carbocycles. The van der Waals surface area contributed by atoms with Gasteiger partial charge in [0.2, 0.25) is 0 Å². The molecule has 176 valence electrons. The number of aliphatic hydroxyl groups excluding tert-OH is 1. The fourth-order valence-corrected chi connectivity index (χ4v) is 4.44. The SMILES string of the molecule is CCCc1ccc(-c2ccc(C(=O)N3CC[C@@H](O)[C@H]3C(=O)COCc3ccccc3)cc2)cc1. The Morgan fingerprint density at radius 2 is 1.56 bits per heavy atom. The van der Waals surface area contributed by atoms with Crippen LogP contribution in [0.25, 0.3) is 11.1 Å². The van der Waals surface area contributed by atoms with Gasteiger partial charge in [0, 0.05) is 12.1 Å². The first-order valence-corrected chi connectivity index (χ1v) is 11.9. The lowest BCUT2D eigenvalue weighted by atomic mass is 10.0. The number of rotatable bonds is 9. The summed E-state index contributed by atoms with van der Waals surface area (Å²) in [6.45, 7) is 2.67. The Hall–Kier alpha value is -3.28. The van der Waals surface area contributed by atoms with Gasteiger partial charge < -0.3 is 14.7 Å². The van der Waals surface area contributed by atoms with Crippen LogP contribution < -0.4 is 0 Å². The summed E-state index contributed by atoms with van der Waals surface area (Å²) < 4.78 is 5.57. The molecular weight excluding hydrogens is 426 g/mol. The van der Waals surface area contributed by atoms with Crippen molar-refractivity contribution in [3.8, 4) is 11.1 Å². The zero-order valence-corrected chi connectivity index (χ0v) is 19.5. The van der Waals surface area contributed by atoms with Crippen LogP contribution in [0.3, 0.4) is 0 Å². The number of amides is 1. The maximum atomic E-state index is 13.2. The molecule has 1 amide bonds. The third kappa shape index (κ3) is 5.61. The van der Waals surface area contributed by atoms with Gasteiger partial charge >= 0.3 is 0 Å². The van der Waals surface area contributed by atoms with Crippen LogP contribution in [0.1, 0.15) is 41.3 Å². The number of aliphatic hydroxyl groups is 1. The van der Waals surface area contributed by atoms with Crippen molar-refractivity contribution in [2.75, 3.05) is 13.2 Å². The Morgan fingerprint density at radius 3 is 2.21 bits per heavy atom. The summed E-state index contributed by atoms with van der Waals surface area (Å²) >= 11 is 0. The van der Waals surface area contributed by atoms with Crippen LogP contribution >= 0.6 is 0 Å². The molecule has 4 rings (SSSR count). The minimum Gasteiger partial charge on any atom is -0.390 e. The van der Waals surface area contributed by atoms with Gasteiger partial charge in [0.25, 0.3) is 5.91 Å². The van der Waals surface area contributed by atoms with Gasteiger partial charge in [0.05, 0.1) is 12.7 Å². The maximum absolute atomic E-state index is 13.2. The molecule has 1 aliphatic rings. The van der Waals surface area contributed by atoms with E-state index in [2.05, 4.69) is 31.2 Å². The van der Waals surface area contributed by atoms with Crippen molar-refractivity contribution in [2.45, 2.75) is 44.9 Å². The highest BCUT2D eigenvalue weighted by atomic mass is 16.5. The molecule has 0 bridgehead atoms. The second-order valence-corrected chi connectivity index (χ2v) is 8.77. The van der Waals surface area contributed by atoms with E-state index in [0.29, 0.717) is 25.1 Å². The summed E-state index contributed by atoms with van der Waals surface area (Å²) in [6.07, 6.45) is 1.68. The number of hydrogen-bond acceptors (Lipinski definition) is 4. The van der Waals surface area contributed by atoms with E-state index in [4.69, 9.17) is 4.74 Å². The number of likely N-dealkylation sites (tertiary alicyclic amines) is 1. The monoisotopic (exact) mass is 457 g/mol. The number of aryl methyl sites for hydroxylation is 1. The smallest absolute Gasteiger partial charge is 0.254 e. The Kier molecular flexibility index (Phi) is 7.88. The summed E-state index contributed by atoms with van der Waals surface area (Å²) in [5.74, 6) is -0.527. The van der Waals surface area contributed by atoms with Crippen LogP contribution in [0.15, 0.2) is 78.9 Å². The van der Waals surface area contributed by atoms with E-state index in [9.17, 15) is 14.7 Å². The van der Waals surface area contributed by atoms with E-state index in [1.807, 2.05) is 42.5 Å². The molecule has 0 radical (unpaired) electrons. The molecule has 5 heteroatoms. The van der Waals surface area contributed by atoms with E-state index < -0.39 is 12.1 Å². The Labute approximate surface area is 201 Å². The summed E-state index contributed by atoms with van der Waals surface area (Å²) in [5, 5.41) is 10.4. The lowest BCUT2D eigenvalue weighted by molar-refractivity contribution is -0.130. The van der Waals surface area contributed by atoms with Gasteiger partial charge in [0.15, 0.2) is 5.78 Å². The molecule has 3 aromatic rings. The number of carbonyl (C=O) groups excluding carboxylic acids is 2. The van der Waals surface area contributed by atoms with Crippen molar-refractivity contribution in [1.29, 1.82) is 0 Å². The summed E-state index contributed by atoms with van der Waals surface area (Å²) in [6, 6.07) is 24.6. The molecule has 3 aromatic carbocycles. The first kappa shape index (κ1) is 23.9. The molecule has 0 unspecified atom stereocenters. The van der Waals surface area contributed by atoms with Crippen LogP contribution in [0.2, 0.25) is 0 Å². The predicted octanol–water partition coefficient (Wildman–Crippen LogP) is 4.67. The second-order valence-electron chi connectivity index (χ2n) is 8.77. The highest BCUT2D eigenvalue weighted by Gasteiger charge is 2.40. The maximum Gasteiger partial charge on any atom is 0.254 e. The molecule has 0 aliphatic carbocycles. The zero-order chi connectivity index (χ0) is 23.9. The van der Waals surface area contributed by atoms with Crippen molar-refractivity contribution in [3.63, 3.8) is 0 Å². The molecule has 34 heavy (non-hydrogen) atoms. The van der Waals surface area contributed by atoms with E-state index >= 15 is 0 Å². The van der Waals surface area contributed by atoms with Crippen LogP contribution in [0, 0.1) is 0 Å². The van der Waals surface area contributed by atoms with Crippen molar-refractivity contribution >= 4 is 11.7 Å². The molecule has 1 N–H and O–H groups in total. The third-order valence-electron chi connectivity index (χ3n) is 6.27. The van der Waals surface area contributed by atoms with Gasteiger partial charge in [0.1, 0.15) is 12.6 Å². The number of benzene rings is 3. The first-order chi connectivity index (χ1) is 16.6. The molecule has 0 spiro atoms. The van der Waals surface area contributed by atoms with E-state index in [-0.39, 0.29) is 18.3 Å². The predicted molar refractivity (Wildman–Crippen MR) is 132 cm³/mol. The average molecular weight is 458 g/mol. The van der Waals surface area contributed by atoms with Gasteiger partial charge in [-0.3, -0.25) is 9.59 Å². The third-order valence-corrected chi connectivity index (χ3v) is 6.27. The molecule has 0 aromatic heterocycles. The quantitative estimate of drug-likeness (QED) is 0.507. The molecule has 1 aliphatic heterocycles. The minimum atomic E-state index is -0.881. The molecule has 5 nitrogen and oxygen atoms in total. The van der Waals surface area contributed by atoms with Gasteiger partial charge in [-0.2, -0.15) is 0 Å². The fraction of sp³-hybridized carbons (Fsp3) is 0.310. The van der Waals surface area contributed by atoms with Crippen LogP contribution in [-0.4, -0.2) is 47.0 Å². The van der Waals surface area contributed by atoms with Crippen LogP contribution in [-0.2, 0) is 22.6 Å². The van der Waals surface area contributed by atoms with Gasteiger partial charge in [-0.05, 0) is 47.2 Å². The summed E-state index contributed by atoms with van der Waals surface area (Å²) in [5.41, 5.74) is 4.91. The lowest BCUT2D eigenvalue weighted by Gasteiger charge is -2.25. The number of hydrogen-bond donors (Lipinski definition) is 1. The second kappa shape index (κ2) is 11.2. The Balaban J connectivity index is 1.40. The topological polar surface area (TPSA) is 66.8 Å². The van der Waals surface area contributed by atoms with Gasteiger partial charge in [-0.1, -0.05) is 80.1 Å². The van der Waals surface area contributed by atoms with E-state index in [1.54, 1.807) is 12.1 Å². The zero-order valence-electron chi connectivity index (χ0n) is 19.5. The van der Waals surface area contributed by atoms with Crippen molar-refractivity contribution < 1.29 is 19.4 Å². The number of ether oxygens (including phenoxy) is 1. The van der Waals surface area contributed by atoms with Gasteiger partial charge in [-0.25, -0.2) is 0 Å². The minimum absolute atomic E-state index is 0.145. The average Bonchev–Trinajstić information content (AvgIpc) is 3.26. The normalized spacial score (nSPS) is 17.6. The van der Waals surface area contributed by atoms with E-state index in [0.717, 1.165) is 29.5 Å². The molecule has 1 heterocycles. The highest BCUT2D eigenvalue weighted by Crippen LogP contribution is 2.25. The first-order valence-electron chi connectivity index (χ1n) is 11.9. The Bertz CT molecular complexity index is 1090. The van der Waals surface area contributed by atoms with Crippen LogP contribution in [0.5, 0.6) is 0 Å². The lowest BCUT2D eigenvalue weighted by Crippen LogP contribution is -2.46. The summed E-state index contributed by atoms with van der Waals surface area (Å²) in [4.78, 5) is 27.5. The van der Waals surface area contributed by atoms with Gasteiger partial charge in [-0.15, -0.1) is 0 Å². The molecule has 1 saturated heterocycles. The number of nitrogens with zero attached hydrogens (tertiary/aromatic N) is 1. The van der Waals surface area contributed by atoms with Crippen molar-refractivity contribution in [3.05, 3.63) is 95.6 Å². The number of carbonyl (C=O) groups is 2. The fourth-order valence-electron chi connectivity index (χ4n) is 4.44. The Morgan fingerprint density at radius 1 is 0.912 bits per heavy atom. The van der Waals surface area contributed by atoms with Crippen molar-refractivity contribution in [2.24, 2.45) is 0 Å². The highest BCUT2D eigenvalue weighted by molar-refractivity contribution is 5.99. The number of Topliss-reactive ketones (excluding diaryl/α,β-unsaturated/α-hetero) is 1. The van der Waals surface area contributed by atoms with Crippen LogP contribution in [0.4, 0.5) is 0 Å². The molecule has 1 fully saturated rings.